The summed E-state index contributed by atoms with van der Waals surface area (Å²) in [6.07, 6.45) is 3.60. The molecule has 4 rings (SSSR count). The van der Waals surface area contributed by atoms with Crippen LogP contribution in [0.4, 0.5) is 11.6 Å². The number of allylic oxidation sites excluding steroid dienone is 1. The zero-order chi connectivity index (χ0) is 22.7. The molecular formula is C25H29N5O2. The van der Waals surface area contributed by atoms with Crippen molar-refractivity contribution in [1.29, 1.82) is 0 Å². The molecule has 1 atom stereocenters. The van der Waals surface area contributed by atoms with Crippen LogP contribution in [0.2, 0.25) is 0 Å². The molecule has 0 saturated heterocycles. The van der Waals surface area contributed by atoms with Crippen LogP contribution in [0.3, 0.4) is 0 Å². The number of benzene rings is 2. The van der Waals surface area contributed by atoms with Gasteiger partial charge in [0.25, 0.3) is 5.91 Å². The second-order valence-corrected chi connectivity index (χ2v) is 8.14. The average Bonchev–Trinajstić information content (AvgIpc) is 3.23. The molecule has 32 heavy (non-hydrogen) atoms. The third kappa shape index (κ3) is 4.37. The zero-order valence-electron chi connectivity index (χ0n) is 19.0. The van der Waals surface area contributed by atoms with E-state index < -0.39 is 6.04 Å². The van der Waals surface area contributed by atoms with Crippen LogP contribution in [0.25, 0.3) is 0 Å². The number of rotatable bonds is 7. The molecule has 1 aromatic heterocycles. The molecule has 1 aliphatic rings. The molecule has 2 aromatic carbocycles. The number of fused-ring (bicyclic) bond motifs is 1. The normalized spacial score (nSPS) is 15.2. The predicted molar refractivity (Wildman–Crippen MR) is 126 cm³/mol. The summed E-state index contributed by atoms with van der Waals surface area (Å²) in [7, 11) is 0. The number of aryl methyl sites for hydroxylation is 2. The number of hydrogen-bond acceptors (Lipinski definition) is 5. The first kappa shape index (κ1) is 21.6. The van der Waals surface area contributed by atoms with Gasteiger partial charge in [-0.1, -0.05) is 43.2 Å². The lowest BCUT2D eigenvalue weighted by Gasteiger charge is -2.29. The Balaban J connectivity index is 1.66. The van der Waals surface area contributed by atoms with Gasteiger partial charge >= 0.3 is 0 Å². The molecule has 7 heteroatoms. The summed E-state index contributed by atoms with van der Waals surface area (Å²) in [5.74, 6) is 1.26. The van der Waals surface area contributed by atoms with Crippen LogP contribution in [0, 0.1) is 13.8 Å². The van der Waals surface area contributed by atoms with Crippen molar-refractivity contribution in [3.8, 4) is 5.75 Å². The quantitative estimate of drug-likeness (QED) is 0.515. The molecule has 0 fully saturated rings. The second-order valence-electron chi connectivity index (χ2n) is 8.14. The van der Waals surface area contributed by atoms with E-state index in [0.29, 0.717) is 18.1 Å². The molecule has 0 bridgehead atoms. The Labute approximate surface area is 188 Å². The lowest BCUT2D eigenvalue weighted by Crippen LogP contribution is -2.31. The van der Waals surface area contributed by atoms with Crippen molar-refractivity contribution in [1.82, 2.24) is 14.8 Å². The standard InChI is InChI=1S/C25H29N5O2/c1-5-6-13-32-20-10-8-19(9-11-20)23-22(18(4)28-25-26-15-27-30(23)25)24(31)29-21-12-7-16(2)14-17(21)3/h7-12,14-15,23H,5-6,13H2,1-4H3,(H,29,31)(H,26,27,28). The lowest BCUT2D eigenvalue weighted by atomic mass is 9.94. The van der Waals surface area contributed by atoms with Gasteiger partial charge in [-0.05, 0) is 56.5 Å². The van der Waals surface area contributed by atoms with E-state index in [9.17, 15) is 4.79 Å². The number of hydrogen-bond donors (Lipinski definition) is 2. The van der Waals surface area contributed by atoms with E-state index in [1.165, 1.54) is 6.33 Å². The lowest BCUT2D eigenvalue weighted by molar-refractivity contribution is -0.113. The van der Waals surface area contributed by atoms with Crippen molar-refractivity contribution in [2.24, 2.45) is 0 Å². The van der Waals surface area contributed by atoms with Crippen LogP contribution < -0.4 is 15.4 Å². The smallest absolute Gasteiger partial charge is 0.255 e. The third-order valence-corrected chi connectivity index (χ3v) is 5.63. The maximum absolute atomic E-state index is 13.5. The molecule has 1 amide bonds. The highest BCUT2D eigenvalue weighted by Crippen LogP contribution is 2.36. The van der Waals surface area contributed by atoms with Gasteiger partial charge in [0.1, 0.15) is 18.1 Å². The summed E-state index contributed by atoms with van der Waals surface area (Å²) >= 11 is 0. The summed E-state index contributed by atoms with van der Waals surface area (Å²) in [4.78, 5) is 17.8. The molecular weight excluding hydrogens is 402 g/mol. The molecule has 1 aliphatic heterocycles. The second kappa shape index (κ2) is 9.26. The van der Waals surface area contributed by atoms with Gasteiger partial charge in [0.05, 0.1) is 12.2 Å². The average molecular weight is 432 g/mol. The molecule has 0 spiro atoms. The Morgan fingerprint density at radius 1 is 1.16 bits per heavy atom. The number of aromatic nitrogens is 3. The highest BCUT2D eigenvalue weighted by atomic mass is 16.5. The van der Waals surface area contributed by atoms with E-state index in [-0.39, 0.29) is 5.91 Å². The van der Waals surface area contributed by atoms with Gasteiger partial charge in [-0.25, -0.2) is 4.68 Å². The van der Waals surface area contributed by atoms with Gasteiger partial charge in [-0.15, -0.1) is 0 Å². The van der Waals surface area contributed by atoms with Crippen LogP contribution in [0.1, 0.15) is 49.4 Å². The van der Waals surface area contributed by atoms with E-state index in [4.69, 9.17) is 4.74 Å². The topological polar surface area (TPSA) is 81.1 Å². The van der Waals surface area contributed by atoms with Crippen molar-refractivity contribution in [3.63, 3.8) is 0 Å². The first-order valence-electron chi connectivity index (χ1n) is 11.0. The molecule has 0 saturated carbocycles. The van der Waals surface area contributed by atoms with Crippen molar-refractivity contribution in [3.05, 3.63) is 76.8 Å². The molecule has 7 nitrogen and oxygen atoms in total. The van der Waals surface area contributed by atoms with Crippen molar-refractivity contribution >= 4 is 17.5 Å². The fourth-order valence-electron chi connectivity index (χ4n) is 3.92. The Kier molecular flexibility index (Phi) is 6.25. The van der Waals surface area contributed by atoms with Crippen molar-refractivity contribution < 1.29 is 9.53 Å². The first-order chi connectivity index (χ1) is 15.5. The number of carbonyl (C=O) groups is 1. The molecule has 0 radical (unpaired) electrons. The highest BCUT2D eigenvalue weighted by molar-refractivity contribution is 6.06. The highest BCUT2D eigenvalue weighted by Gasteiger charge is 2.33. The van der Waals surface area contributed by atoms with Crippen molar-refractivity contribution in [2.45, 2.75) is 46.6 Å². The van der Waals surface area contributed by atoms with Gasteiger partial charge in [0.2, 0.25) is 5.95 Å². The minimum atomic E-state index is -0.399. The first-order valence-corrected chi connectivity index (χ1v) is 11.0. The molecule has 2 N–H and O–H groups in total. The fraction of sp³-hybridized carbons (Fsp3) is 0.320. The number of ether oxygens (including phenoxy) is 1. The van der Waals surface area contributed by atoms with Crippen LogP contribution in [0.15, 0.2) is 60.1 Å². The maximum Gasteiger partial charge on any atom is 0.255 e. The van der Waals surface area contributed by atoms with Crippen LogP contribution >= 0.6 is 0 Å². The molecule has 166 valence electrons. The van der Waals surface area contributed by atoms with Crippen LogP contribution in [0.5, 0.6) is 5.75 Å². The van der Waals surface area contributed by atoms with Gasteiger partial charge < -0.3 is 15.4 Å². The minimum Gasteiger partial charge on any atom is -0.494 e. The number of nitrogens with one attached hydrogen (secondary N) is 2. The summed E-state index contributed by atoms with van der Waals surface area (Å²) in [6, 6.07) is 13.4. The van der Waals surface area contributed by atoms with Crippen LogP contribution in [-0.2, 0) is 4.79 Å². The summed E-state index contributed by atoms with van der Waals surface area (Å²) < 4.78 is 7.55. The number of amides is 1. The number of unbranched alkanes of at least 4 members (excludes halogenated alkanes) is 1. The maximum atomic E-state index is 13.5. The Morgan fingerprint density at radius 3 is 2.66 bits per heavy atom. The van der Waals surface area contributed by atoms with E-state index >= 15 is 0 Å². The molecule has 2 heterocycles. The number of carbonyl (C=O) groups excluding carboxylic acids is 1. The SMILES string of the molecule is CCCCOc1ccc(C2C(C(=O)Nc3ccc(C)cc3C)=C(C)Nc3ncnn32)cc1. The summed E-state index contributed by atoms with van der Waals surface area (Å²) in [6.45, 7) is 8.75. The van der Waals surface area contributed by atoms with Gasteiger partial charge in [-0.2, -0.15) is 10.1 Å². The van der Waals surface area contributed by atoms with Gasteiger partial charge in [0, 0.05) is 11.4 Å². The van der Waals surface area contributed by atoms with E-state index in [1.54, 1.807) is 4.68 Å². The predicted octanol–water partition coefficient (Wildman–Crippen LogP) is 5.00. The zero-order valence-corrected chi connectivity index (χ0v) is 19.0. The van der Waals surface area contributed by atoms with E-state index in [1.807, 2.05) is 57.2 Å². The van der Waals surface area contributed by atoms with Gasteiger partial charge in [-0.3, -0.25) is 4.79 Å². The summed E-state index contributed by atoms with van der Waals surface area (Å²) in [5, 5.41) is 10.7. The molecule has 3 aromatic rings. The monoisotopic (exact) mass is 431 g/mol. The number of anilines is 2. The fourth-order valence-corrected chi connectivity index (χ4v) is 3.92. The van der Waals surface area contributed by atoms with Gasteiger partial charge in [0.15, 0.2) is 0 Å². The van der Waals surface area contributed by atoms with Crippen molar-refractivity contribution in [2.75, 3.05) is 17.2 Å². The molecule has 1 unspecified atom stereocenters. The summed E-state index contributed by atoms with van der Waals surface area (Å²) in [5.41, 5.74) is 5.26. The third-order valence-electron chi connectivity index (χ3n) is 5.63. The number of nitrogens with zero attached hydrogens (tertiary/aromatic N) is 3. The largest absolute Gasteiger partial charge is 0.494 e. The Morgan fingerprint density at radius 2 is 1.94 bits per heavy atom. The van der Waals surface area contributed by atoms with E-state index in [0.717, 1.165) is 46.7 Å². The molecule has 0 aliphatic carbocycles. The minimum absolute atomic E-state index is 0.170. The van der Waals surface area contributed by atoms with E-state index in [2.05, 4.69) is 33.7 Å². The Hall–Kier alpha value is -3.61. The Bertz CT molecular complexity index is 1150. The van der Waals surface area contributed by atoms with Crippen LogP contribution in [-0.4, -0.2) is 27.3 Å².